The van der Waals surface area contributed by atoms with Crippen LogP contribution in [0.25, 0.3) is 17.3 Å². The predicted molar refractivity (Wildman–Crippen MR) is 109 cm³/mol. The number of aromatic hydroxyl groups is 1. The minimum atomic E-state index is 0.102. The second-order valence-corrected chi connectivity index (χ2v) is 6.70. The van der Waals surface area contributed by atoms with Gasteiger partial charge in [-0.25, -0.2) is 0 Å². The Morgan fingerprint density at radius 3 is 2.77 bits per heavy atom. The van der Waals surface area contributed by atoms with Crippen molar-refractivity contribution in [1.29, 1.82) is 0 Å². The monoisotopic (exact) mass is 361 g/mol. The Morgan fingerprint density at radius 2 is 2.00 bits per heavy atom. The fraction of sp³-hybridized carbons (Fsp3) is 0.143. The summed E-state index contributed by atoms with van der Waals surface area (Å²) in [4.78, 5) is 7.67. The van der Waals surface area contributed by atoms with Gasteiger partial charge in [0.15, 0.2) is 4.77 Å². The summed E-state index contributed by atoms with van der Waals surface area (Å²) in [6, 6.07) is 14.0. The zero-order valence-corrected chi connectivity index (χ0v) is 15.5. The Kier molecular flexibility index (Phi) is 4.09. The van der Waals surface area contributed by atoms with Crippen molar-refractivity contribution in [2.24, 2.45) is 4.99 Å². The standard InChI is InChI=1S/C21H19N3OS/c1-3-14-8-6-9-16-15(12-22-19(14)16)11-17-20(25)24(21(26)23-17)18-10-5-4-7-13(18)2/h4-12,25H,3H2,1-2H3,(H,23,26)/b15-11-. The molecule has 1 aliphatic heterocycles. The quantitative estimate of drug-likeness (QED) is 0.616. The zero-order chi connectivity index (χ0) is 18.3. The molecule has 0 bridgehead atoms. The molecule has 0 atom stereocenters. The van der Waals surface area contributed by atoms with Gasteiger partial charge in [0, 0.05) is 17.4 Å². The summed E-state index contributed by atoms with van der Waals surface area (Å²) in [5, 5.41) is 10.8. The summed E-state index contributed by atoms with van der Waals surface area (Å²) in [5.74, 6) is 0.102. The van der Waals surface area contributed by atoms with E-state index in [0.29, 0.717) is 10.5 Å². The van der Waals surface area contributed by atoms with Crippen LogP contribution in [0.4, 0.5) is 5.69 Å². The van der Waals surface area contributed by atoms with E-state index in [4.69, 9.17) is 12.2 Å². The number of aromatic nitrogens is 2. The van der Waals surface area contributed by atoms with Gasteiger partial charge in [-0.05, 0) is 48.8 Å². The Balaban J connectivity index is 1.83. The first kappa shape index (κ1) is 16.5. The third kappa shape index (κ3) is 2.61. The number of nitrogens with one attached hydrogen (secondary N) is 1. The lowest BCUT2D eigenvalue weighted by Crippen LogP contribution is -1.96. The van der Waals surface area contributed by atoms with Crippen LogP contribution in [0.5, 0.6) is 5.88 Å². The number of imidazole rings is 1. The highest BCUT2D eigenvalue weighted by Crippen LogP contribution is 2.37. The first-order valence-corrected chi connectivity index (χ1v) is 8.99. The molecule has 1 aromatic heterocycles. The smallest absolute Gasteiger partial charge is 0.222 e. The van der Waals surface area contributed by atoms with Crippen LogP contribution in [0.15, 0.2) is 47.5 Å². The highest BCUT2D eigenvalue weighted by molar-refractivity contribution is 7.71. The van der Waals surface area contributed by atoms with Crippen molar-refractivity contribution in [2.75, 3.05) is 0 Å². The van der Waals surface area contributed by atoms with E-state index in [0.717, 1.165) is 34.5 Å². The molecule has 1 aliphatic rings. The van der Waals surface area contributed by atoms with E-state index in [1.54, 1.807) is 4.57 Å². The van der Waals surface area contributed by atoms with Gasteiger partial charge in [-0.1, -0.05) is 43.3 Å². The number of aryl methyl sites for hydroxylation is 2. The molecule has 0 unspecified atom stereocenters. The maximum Gasteiger partial charge on any atom is 0.222 e. The number of rotatable bonds is 3. The van der Waals surface area contributed by atoms with E-state index >= 15 is 0 Å². The highest BCUT2D eigenvalue weighted by atomic mass is 32.1. The summed E-state index contributed by atoms with van der Waals surface area (Å²) in [6.07, 6.45) is 4.67. The van der Waals surface area contributed by atoms with Gasteiger partial charge in [0.05, 0.1) is 11.4 Å². The number of nitrogens with zero attached hydrogens (tertiary/aromatic N) is 2. The average molecular weight is 361 g/mol. The van der Waals surface area contributed by atoms with Gasteiger partial charge in [0.1, 0.15) is 5.69 Å². The Labute approximate surface area is 157 Å². The number of aromatic amines is 1. The van der Waals surface area contributed by atoms with Crippen molar-refractivity contribution in [1.82, 2.24) is 9.55 Å². The largest absolute Gasteiger partial charge is 0.493 e. The van der Waals surface area contributed by atoms with Crippen LogP contribution in [0, 0.1) is 11.7 Å². The third-order valence-electron chi connectivity index (χ3n) is 4.70. The van der Waals surface area contributed by atoms with Gasteiger partial charge in [-0.2, -0.15) is 0 Å². The van der Waals surface area contributed by atoms with Crippen LogP contribution < -0.4 is 0 Å². The molecule has 0 saturated heterocycles. The first-order valence-electron chi connectivity index (χ1n) is 8.58. The second kappa shape index (κ2) is 6.42. The molecular formula is C21H19N3OS. The number of allylic oxidation sites excluding steroid dienone is 1. The number of hydrogen-bond donors (Lipinski definition) is 2. The van der Waals surface area contributed by atoms with Crippen LogP contribution in [0.3, 0.4) is 0 Å². The van der Waals surface area contributed by atoms with E-state index in [1.165, 1.54) is 5.56 Å². The molecular weight excluding hydrogens is 342 g/mol. The first-order chi connectivity index (χ1) is 12.6. The lowest BCUT2D eigenvalue weighted by atomic mass is 10.0. The van der Waals surface area contributed by atoms with Crippen LogP contribution in [0.1, 0.15) is 29.3 Å². The number of fused-ring (bicyclic) bond motifs is 1. The molecule has 0 amide bonds. The van der Waals surface area contributed by atoms with Crippen LogP contribution >= 0.6 is 12.2 Å². The molecule has 3 aromatic rings. The van der Waals surface area contributed by atoms with Crippen LogP contribution in [-0.2, 0) is 6.42 Å². The van der Waals surface area contributed by atoms with Gasteiger partial charge in [0.25, 0.3) is 0 Å². The number of benzene rings is 2. The van der Waals surface area contributed by atoms with Gasteiger partial charge < -0.3 is 10.1 Å². The van der Waals surface area contributed by atoms with E-state index in [-0.39, 0.29) is 5.88 Å². The summed E-state index contributed by atoms with van der Waals surface area (Å²) < 4.78 is 2.12. The predicted octanol–water partition coefficient (Wildman–Crippen LogP) is 5.37. The van der Waals surface area contributed by atoms with E-state index < -0.39 is 0 Å². The SMILES string of the molecule is CCc1cccc2c1N=C/C2=C/c1[nH]c(=S)n(-c2ccccc2C)c1O. The summed E-state index contributed by atoms with van der Waals surface area (Å²) in [7, 11) is 0. The maximum atomic E-state index is 10.8. The van der Waals surface area contributed by atoms with E-state index in [1.807, 2.05) is 49.5 Å². The maximum absolute atomic E-state index is 10.8. The van der Waals surface area contributed by atoms with Crippen LogP contribution in [-0.4, -0.2) is 20.9 Å². The number of hydrogen-bond acceptors (Lipinski definition) is 3. The van der Waals surface area contributed by atoms with Crippen LogP contribution in [0.2, 0.25) is 0 Å². The molecule has 0 spiro atoms. The molecule has 2 aromatic carbocycles. The molecule has 0 aliphatic carbocycles. The number of aliphatic imine (C=N–C) groups is 1. The number of para-hydroxylation sites is 2. The summed E-state index contributed by atoms with van der Waals surface area (Å²) in [5.41, 5.74) is 6.75. The normalized spacial score (nSPS) is 14.2. The third-order valence-corrected chi connectivity index (χ3v) is 4.98. The Bertz CT molecular complexity index is 1120. The van der Waals surface area contributed by atoms with Crippen molar-refractivity contribution in [3.05, 3.63) is 69.6 Å². The minimum absolute atomic E-state index is 0.102. The molecule has 0 radical (unpaired) electrons. The van der Waals surface area contributed by atoms with Crippen molar-refractivity contribution in [3.8, 4) is 11.6 Å². The number of H-pyrrole nitrogens is 1. The van der Waals surface area contributed by atoms with Crippen molar-refractivity contribution in [2.45, 2.75) is 20.3 Å². The Morgan fingerprint density at radius 1 is 1.19 bits per heavy atom. The molecule has 26 heavy (non-hydrogen) atoms. The minimum Gasteiger partial charge on any atom is -0.493 e. The van der Waals surface area contributed by atoms with E-state index in [9.17, 15) is 5.11 Å². The average Bonchev–Trinajstić information content (AvgIpc) is 3.17. The fourth-order valence-corrected chi connectivity index (χ4v) is 3.61. The van der Waals surface area contributed by atoms with Gasteiger partial charge in [-0.3, -0.25) is 9.56 Å². The van der Waals surface area contributed by atoms with Crippen molar-refractivity contribution < 1.29 is 5.11 Å². The summed E-state index contributed by atoms with van der Waals surface area (Å²) >= 11 is 5.44. The molecule has 4 rings (SSSR count). The molecule has 2 heterocycles. The molecule has 0 fully saturated rings. The molecule has 130 valence electrons. The lowest BCUT2D eigenvalue weighted by Gasteiger charge is -2.07. The molecule has 2 N–H and O–H groups in total. The molecule has 0 saturated carbocycles. The van der Waals surface area contributed by atoms with E-state index in [2.05, 4.69) is 29.0 Å². The van der Waals surface area contributed by atoms with Crippen molar-refractivity contribution in [3.63, 3.8) is 0 Å². The van der Waals surface area contributed by atoms with Gasteiger partial charge in [-0.15, -0.1) is 0 Å². The zero-order valence-electron chi connectivity index (χ0n) is 14.7. The van der Waals surface area contributed by atoms with Gasteiger partial charge >= 0.3 is 0 Å². The lowest BCUT2D eigenvalue weighted by molar-refractivity contribution is 0.440. The summed E-state index contributed by atoms with van der Waals surface area (Å²) in [6.45, 7) is 4.12. The fourth-order valence-electron chi connectivity index (χ4n) is 3.32. The highest BCUT2D eigenvalue weighted by Gasteiger charge is 2.18. The van der Waals surface area contributed by atoms with Gasteiger partial charge in [0.2, 0.25) is 5.88 Å². The molecule has 5 heteroatoms. The second-order valence-electron chi connectivity index (χ2n) is 6.31. The topological polar surface area (TPSA) is 53.3 Å². The Hall–Kier alpha value is -2.92. The van der Waals surface area contributed by atoms with Crippen molar-refractivity contribution >= 4 is 35.8 Å². The molecule has 4 nitrogen and oxygen atoms in total.